The Labute approximate surface area is 345 Å². The van der Waals surface area contributed by atoms with Crippen LogP contribution in [0.4, 0.5) is 0 Å². The van der Waals surface area contributed by atoms with Crippen molar-refractivity contribution in [3.8, 4) is 0 Å². The van der Waals surface area contributed by atoms with E-state index in [-0.39, 0.29) is 71.2 Å². The van der Waals surface area contributed by atoms with Crippen LogP contribution in [-0.2, 0) is 37.4 Å². The second-order valence-corrected chi connectivity index (χ2v) is 24.9. The van der Waals surface area contributed by atoms with Gasteiger partial charge in [-0.3, -0.25) is 9.59 Å². The van der Waals surface area contributed by atoms with Gasteiger partial charge in [-0.25, -0.2) is 9.59 Å². The number of hydrogen-bond acceptors (Lipinski definition) is 10. The first-order valence-corrected chi connectivity index (χ1v) is 28.6. The Hall–Kier alpha value is -1.14. The van der Waals surface area contributed by atoms with Crippen molar-refractivity contribution in [3.05, 3.63) is 71.8 Å². The number of esters is 4. The van der Waals surface area contributed by atoms with Crippen LogP contribution in [-0.4, -0.2) is 79.1 Å². The van der Waals surface area contributed by atoms with Crippen LogP contribution in [0.25, 0.3) is 0 Å². The molecule has 2 aromatic carbocycles. The van der Waals surface area contributed by atoms with Gasteiger partial charge in [0.05, 0.1) is 24.3 Å². The summed E-state index contributed by atoms with van der Waals surface area (Å²) in [6, 6.07) is 17.5. The zero-order valence-electron chi connectivity index (χ0n) is 31.2. The number of carbonyl (C=O) groups is 4. The molecule has 0 spiro atoms. The predicted octanol–water partition coefficient (Wildman–Crippen LogP) is 9.20. The zero-order valence-corrected chi connectivity index (χ0v) is 39.8. The van der Waals surface area contributed by atoms with E-state index in [1.54, 1.807) is 48.5 Å². The van der Waals surface area contributed by atoms with Crippen molar-refractivity contribution in [2.24, 2.45) is 11.8 Å². The van der Waals surface area contributed by atoms with Gasteiger partial charge in [0.2, 0.25) is 0 Å². The fourth-order valence-corrected chi connectivity index (χ4v) is 6.15. The molecule has 0 aliphatic carbocycles. The molecule has 0 unspecified atom stereocenters. The molecule has 2 fully saturated rings. The number of hydrogen-bond donors (Lipinski definition) is 0. The lowest BCUT2D eigenvalue weighted by Gasteiger charge is -2.40. The molecule has 15 heteroatoms. The van der Waals surface area contributed by atoms with Gasteiger partial charge in [0.1, 0.15) is 31.2 Å². The van der Waals surface area contributed by atoms with E-state index in [9.17, 15) is 19.2 Å². The third-order valence-electron chi connectivity index (χ3n) is 9.67. The summed E-state index contributed by atoms with van der Waals surface area (Å²) in [4.78, 5) is 47.2. The number of ether oxygens (including phenoxy) is 4. The van der Waals surface area contributed by atoms with E-state index in [0.29, 0.717) is 24.3 Å². The van der Waals surface area contributed by atoms with Crippen molar-refractivity contribution in [2.45, 2.75) is 90.0 Å². The highest BCUT2D eigenvalue weighted by atomic mass is 128. The molecule has 51 heavy (non-hydrogen) atoms. The van der Waals surface area contributed by atoms with Crippen molar-refractivity contribution < 1.29 is 47.0 Å². The maximum absolute atomic E-state index is 12.0. The summed E-state index contributed by atoms with van der Waals surface area (Å²) in [7, 11) is -3.82. The van der Waals surface area contributed by atoms with Crippen LogP contribution < -0.4 is 0 Å². The standard InChI is InChI=1S/2C18H26O5Si.I2.HI/c1-18(2,3)24(4,5)22-11-14-15(23-17(14)20)12-21-16(19)13-9-7-6-8-10-13;1-18(2,3)24(4,5)22-12-15-14(17(20)23-15)11-21-16(19)13-9-7-6-8-10-13;1-2;/h2*6-10,14-15H,11-12H2,1-5H3;;1H/t2*14-,15-;;/m10../s1. The first kappa shape index (κ1) is 47.9. The molecule has 0 saturated carbocycles. The van der Waals surface area contributed by atoms with E-state index in [0.717, 1.165) is 0 Å². The second kappa shape index (κ2) is 21.1. The van der Waals surface area contributed by atoms with Crippen LogP contribution in [0.1, 0.15) is 62.3 Å². The molecule has 2 aliphatic rings. The third-order valence-corrected chi connectivity index (χ3v) is 18.7. The molecule has 4 rings (SSSR count). The molecule has 0 radical (unpaired) electrons. The SMILES string of the molecule is CC(C)(C)[Si](C)(C)OC[C@@H]1OC(=O)[C@H]1COC(=O)c1ccccc1.CC(C)(C)[Si](C)(C)OC[C@H]1C(=O)O[C@@H]1COC(=O)c1ccccc1.I.II. The fourth-order valence-electron chi connectivity index (χ4n) is 4.11. The molecule has 2 aliphatic heterocycles. The lowest BCUT2D eigenvalue weighted by atomic mass is 9.99. The summed E-state index contributed by atoms with van der Waals surface area (Å²) in [6.07, 6.45) is -0.759. The van der Waals surface area contributed by atoms with E-state index in [2.05, 4.69) is 105 Å². The molecule has 0 N–H and O–H groups in total. The number of carbonyl (C=O) groups excluding carboxylic acids is 4. The summed E-state index contributed by atoms with van der Waals surface area (Å²) in [5, 5.41) is 0.173. The number of cyclic esters (lactones) is 2. The second-order valence-electron chi connectivity index (χ2n) is 15.2. The summed E-state index contributed by atoms with van der Waals surface area (Å²) in [5.74, 6) is -2.26. The number of benzene rings is 2. The topological polar surface area (TPSA) is 124 Å². The average molecular weight is 1080 g/mol. The summed E-state index contributed by atoms with van der Waals surface area (Å²) < 4.78 is 32.9. The third kappa shape index (κ3) is 14.2. The molecule has 10 nitrogen and oxygen atoms in total. The minimum absolute atomic E-state index is 0. The van der Waals surface area contributed by atoms with Crippen LogP contribution in [0.3, 0.4) is 0 Å². The molecule has 0 bridgehead atoms. The molecule has 4 atom stereocenters. The lowest BCUT2D eigenvalue weighted by Crippen LogP contribution is -2.53. The minimum atomic E-state index is -1.92. The van der Waals surface area contributed by atoms with E-state index in [1.165, 1.54) is 0 Å². The maximum Gasteiger partial charge on any atom is 0.338 e. The first-order valence-electron chi connectivity index (χ1n) is 16.5. The van der Waals surface area contributed by atoms with Crippen molar-refractivity contribution in [1.29, 1.82) is 0 Å². The number of halogens is 3. The van der Waals surface area contributed by atoms with E-state index in [4.69, 9.17) is 27.8 Å². The Bertz CT molecular complexity index is 1410. The molecular weight excluding hydrogens is 1030 g/mol. The molecular formula is C36H53I3O10Si2. The summed E-state index contributed by atoms with van der Waals surface area (Å²) in [6.45, 7) is 22.3. The van der Waals surface area contributed by atoms with E-state index in [1.807, 2.05) is 12.1 Å². The quantitative estimate of drug-likeness (QED) is 0.0880. The Kier molecular flexibility index (Phi) is 19.8. The van der Waals surface area contributed by atoms with Crippen molar-refractivity contribution in [2.75, 3.05) is 26.4 Å². The van der Waals surface area contributed by atoms with E-state index >= 15 is 0 Å². The minimum Gasteiger partial charge on any atom is -0.461 e. The maximum atomic E-state index is 12.0. The number of rotatable bonds is 12. The van der Waals surface area contributed by atoms with Gasteiger partial charge in [0.15, 0.2) is 22.7 Å². The average Bonchev–Trinajstić information content (AvgIpc) is 3.05. The summed E-state index contributed by atoms with van der Waals surface area (Å²) in [5.41, 5.74) is 0.955. The monoisotopic (exact) mass is 1080 g/mol. The van der Waals surface area contributed by atoms with Crippen LogP contribution >= 0.6 is 61.2 Å². The molecule has 2 saturated heterocycles. The normalized spacial score (nSPS) is 19.8. The van der Waals surface area contributed by atoms with Crippen molar-refractivity contribution >= 4 is 102 Å². The molecule has 2 aromatic rings. The predicted molar refractivity (Wildman–Crippen MR) is 230 cm³/mol. The fraction of sp³-hybridized carbons (Fsp3) is 0.556. The van der Waals surface area contributed by atoms with Crippen molar-refractivity contribution in [1.82, 2.24) is 0 Å². The smallest absolute Gasteiger partial charge is 0.338 e. The molecule has 2 heterocycles. The van der Waals surface area contributed by atoms with Crippen LogP contribution in [0.5, 0.6) is 0 Å². The first-order chi connectivity index (χ1) is 23.2. The molecule has 0 aromatic heterocycles. The van der Waals surface area contributed by atoms with Gasteiger partial charge in [-0.05, 0) is 60.5 Å². The van der Waals surface area contributed by atoms with Gasteiger partial charge in [0, 0.05) is 37.2 Å². The van der Waals surface area contributed by atoms with Crippen LogP contribution in [0.15, 0.2) is 60.7 Å². The van der Waals surface area contributed by atoms with Crippen LogP contribution in [0.2, 0.25) is 36.3 Å². The van der Waals surface area contributed by atoms with Gasteiger partial charge in [-0.1, -0.05) is 77.9 Å². The van der Waals surface area contributed by atoms with Gasteiger partial charge >= 0.3 is 23.9 Å². The van der Waals surface area contributed by atoms with Crippen LogP contribution in [0, 0.1) is 11.8 Å². The molecule has 286 valence electrons. The highest BCUT2D eigenvalue weighted by molar-refractivity contribution is 15.0. The summed E-state index contributed by atoms with van der Waals surface area (Å²) >= 11 is 4.24. The van der Waals surface area contributed by atoms with E-state index < -0.39 is 40.6 Å². The highest BCUT2D eigenvalue weighted by Crippen LogP contribution is 2.38. The Morgan fingerprint density at radius 2 is 0.941 bits per heavy atom. The van der Waals surface area contributed by atoms with Gasteiger partial charge in [-0.15, -0.1) is 24.0 Å². The Morgan fingerprint density at radius 1 is 0.608 bits per heavy atom. The lowest BCUT2D eigenvalue weighted by molar-refractivity contribution is -0.193. The van der Waals surface area contributed by atoms with Gasteiger partial charge in [-0.2, -0.15) is 0 Å². The van der Waals surface area contributed by atoms with Crippen molar-refractivity contribution in [3.63, 3.8) is 0 Å². The van der Waals surface area contributed by atoms with Gasteiger partial charge in [0.25, 0.3) is 0 Å². The van der Waals surface area contributed by atoms with Gasteiger partial charge < -0.3 is 27.8 Å². The zero-order chi connectivity index (χ0) is 37.9. The molecule has 0 amide bonds. The Balaban J connectivity index is 0.000000477. The highest BCUT2D eigenvalue weighted by Gasteiger charge is 2.47. The Morgan fingerprint density at radius 3 is 1.31 bits per heavy atom. The largest absolute Gasteiger partial charge is 0.461 e.